The number of carbonyl (C=O) groups excluding carboxylic acids is 1. The van der Waals surface area contributed by atoms with E-state index in [1.165, 1.54) is 22.0 Å². The number of urea groups is 1. The van der Waals surface area contributed by atoms with Gasteiger partial charge < -0.3 is 14.2 Å². The smallest absolute Gasteiger partial charge is 0.341 e. The number of likely N-dealkylation sites (tertiary alicyclic amines) is 1. The fourth-order valence-electron chi connectivity index (χ4n) is 4.29. The normalized spacial score (nSPS) is 17.4. The van der Waals surface area contributed by atoms with Crippen molar-refractivity contribution in [3.63, 3.8) is 0 Å². The molecule has 1 aromatic carbocycles. The van der Waals surface area contributed by atoms with Crippen LogP contribution in [-0.2, 0) is 7.05 Å². The Labute approximate surface area is 199 Å². The highest BCUT2D eigenvalue weighted by molar-refractivity contribution is 5.79. The van der Waals surface area contributed by atoms with Gasteiger partial charge in [-0.1, -0.05) is 0 Å². The van der Waals surface area contributed by atoms with Gasteiger partial charge in [-0.25, -0.2) is 23.6 Å². The standard InChI is InChI=1S/C24H21F2N7O2/c1-14-23(31(2)13-29-14)20-8-22(19(26)10-28-20)35-18-11-32(12-18)24(34)33-21(3-4-30-33)16-5-15(9-27)6-17(25)7-16/h4-8,10,13,18,21H,3,11-12H2,1-2H3/t21-/m0/s1. The van der Waals surface area contributed by atoms with Crippen molar-refractivity contribution < 1.29 is 18.3 Å². The molecule has 2 aliphatic rings. The molecule has 9 nitrogen and oxygen atoms in total. The molecule has 2 aromatic heterocycles. The first-order chi connectivity index (χ1) is 16.8. The summed E-state index contributed by atoms with van der Waals surface area (Å²) in [7, 11) is 1.83. The number of nitriles is 1. The van der Waals surface area contributed by atoms with E-state index in [1.807, 2.05) is 20.0 Å². The summed E-state index contributed by atoms with van der Waals surface area (Å²) < 4.78 is 35.9. The molecule has 178 valence electrons. The fraction of sp³-hybridized carbons (Fsp3) is 0.292. The lowest BCUT2D eigenvalue weighted by atomic mass is 10.0. The van der Waals surface area contributed by atoms with Crippen molar-refractivity contribution >= 4 is 12.2 Å². The van der Waals surface area contributed by atoms with Gasteiger partial charge in [0.1, 0.15) is 11.9 Å². The van der Waals surface area contributed by atoms with Crippen molar-refractivity contribution in [1.82, 2.24) is 24.4 Å². The van der Waals surface area contributed by atoms with Crippen LogP contribution in [0.2, 0.25) is 0 Å². The maximum absolute atomic E-state index is 14.4. The molecule has 4 heterocycles. The molecule has 0 bridgehead atoms. The van der Waals surface area contributed by atoms with Gasteiger partial charge in [0.25, 0.3) is 0 Å². The van der Waals surface area contributed by atoms with Gasteiger partial charge >= 0.3 is 6.03 Å². The van der Waals surface area contributed by atoms with Gasteiger partial charge in [0, 0.05) is 25.7 Å². The van der Waals surface area contributed by atoms with E-state index in [0.29, 0.717) is 17.7 Å². The van der Waals surface area contributed by atoms with E-state index >= 15 is 0 Å². The molecule has 0 radical (unpaired) electrons. The lowest BCUT2D eigenvalue weighted by Crippen LogP contribution is -2.58. The monoisotopic (exact) mass is 477 g/mol. The molecule has 2 aliphatic heterocycles. The summed E-state index contributed by atoms with van der Waals surface area (Å²) in [5.41, 5.74) is 2.73. The first-order valence-corrected chi connectivity index (χ1v) is 11.0. The molecule has 1 fully saturated rings. The lowest BCUT2D eigenvalue weighted by molar-refractivity contribution is 0.0257. The number of aromatic nitrogens is 3. The summed E-state index contributed by atoms with van der Waals surface area (Å²) in [4.78, 5) is 22.9. The lowest BCUT2D eigenvalue weighted by Gasteiger charge is -2.41. The van der Waals surface area contributed by atoms with Crippen LogP contribution in [-0.4, -0.2) is 55.9 Å². The van der Waals surface area contributed by atoms with E-state index in [4.69, 9.17) is 10.00 Å². The second kappa shape index (κ2) is 8.79. The van der Waals surface area contributed by atoms with E-state index in [9.17, 15) is 13.6 Å². The molecule has 2 amide bonds. The maximum atomic E-state index is 14.4. The number of pyridine rings is 1. The number of halogens is 2. The van der Waals surface area contributed by atoms with E-state index in [-0.39, 0.29) is 30.4 Å². The highest BCUT2D eigenvalue weighted by Crippen LogP contribution is 2.32. The van der Waals surface area contributed by atoms with Crippen LogP contribution in [0.4, 0.5) is 13.6 Å². The summed E-state index contributed by atoms with van der Waals surface area (Å²) >= 11 is 0. The minimum Gasteiger partial charge on any atom is -0.483 e. The van der Waals surface area contributed by atoms with Crippen LogP contribution in [0.3, 0.4) is 0 Å². The summed E-state index contributed by atoms with van der Waals surface area (Å²) in [5, 5.41) is 14.6. The zero-order chi connectivity index (χ0) is 24.7. The third-order valence-corrected chi connectivity index (χ3v) is 6.05. The number of amides is 2. The molecule has 3 aromatic rings. The Morgan fingerprint density at radius 3 is 2.71 bits per heavy atom. The topological polar surface area (TPSA) is 99.6 Å². The first kappa shape index (κ1) is 22.5. The predicted molar refractivity (Wildman–Crippen MR) is 121 cm³/mol. The minimum atomic E-state index is -0.595. The van der Waals surface area contributed by atoms with Crippen molar-refractivity contribution in [2.75, 3.05) is 13.1 Å². The molecule has 35 heavy (non-hydrogen) atoms. The Balaban J connectivity index is 1.25. The van der Waals surface area contributed by atoms with Crippen molar-refractivity contribution in [2.45, 2.75) is 25.5 Å². The van der Waals surface area contributed by atoms with Crippen LogP contribution in [0, 0.1) is 29.9 Å². The number of nitrogens with zero attached hydrogens (tertiary/aromatic N) is 7. The summed E-state index contributed by atoms with van der Waals surface area (Å²) in [5.74, 6) is -1.09. The number of hydrazone groups is 1. The Morgan fingerprint density at radius 2 is 2.00 bits per heavy atom. The Kier molecular flexibility index (Phi) is 5.64. The number of hydrogen-bond acceptors (Lipinski definition) is 6. The van der Waals surface area contributed by atoms with Crippen molar-refractivity contribution in [3.05, 3.63) is 65.2 Å². The van der Waals surface area contributed by atoms with Crippen LogP contribution >= 0.6 is 0 Å². The first-order valence-electron chi connectivity index (χ1n) is 11.0. The zero-order valence-corrected chi connectivity index (χ0v) is 19.0. The molecule has 0 saturated carbocycles. The second-order valence-corrected chi connectivity index (χ2v) is 8.50. The summed E-state index contributed by atoms with van der Waals surface area (Å²) in [6.07, 6.45) is 4.36. The van der Waals surface area contributed by atoms with E-state index < -0.39 is 23.8 Å². The fourth-order valence-corrected chi connectivity index (χ4v) is 4.29. The third kappa shape index (κ3) is 4.19. The highest BCUT2D eigenvalue weighted by atomic mass is 19.1. The van der Waals surface area contributed by atoms with Gasteiger partial charge in [-0.3, -0.25) is 4.98 Å². The highest BCUT2D eigenvalue weighted by Gasteiger charge is 2.39. The maximum Gasteiger partial charge on any atom is 0.341 e. The average molecular weight is 477 g/mol. The predicted octanol–water partition coefficient (Wildman–Crippen LogP) is 3.56. The summed E-state index contributed by atoms with van der Waals surface area (Å²) in [6.45, 7) is 2.33. The van der Waals surface area contributed by atoms with Gasteiger partial charge in [0.15, 0.2) is 11.6 Å². The van der Waals surface area contributed by atoms with Crippen LogP contribution in [0.15, 0.2) is 41.9 Å². The van der Waals surface area contributed by atoms with Gasteiger partial charge in [0.2, 0.25) is 0 Å². The van der Waals surface area contributed by atoms with Crippen LogP contribution in [0.5, 0.6) is 5.75 Å². The summed E-state index contributed by atoms with van der Waals surface area (Å²) in [6, 6.07) is 6.57. The molecule has 0 spiro atoms. The molecule has 0 unspecified atom stereocenters. The van der Waals surface area contributed by atoms with Crippen molar-refractivity contribution in [1.29, 1.82) is 5.26 Å². The zero-order valence-electron chi connectivity index (χ0n) is 19.0. The van der Waals surface area contributed by atoms with Crippen LogP contribution in [0.1, 0.15) is 29.3 Å². The van der Waals surface area contributed by atoms with Crippen molar-refractivity contribution in [3.8, 4) is 23.2 Å². The van der Waals surface area contributed by atoms with E-state index in [1.54, 1.807) is 23.2 Å². The minimum absolute atomic E-state index is 0.0496. The number of benzene rings is 1. The molecule has 0 aliphatic carbocycles. The molecule has 5 rings (SSSR count). The molecule has 1 atom stereocenters. The molecule has 11 heteroatoms. The quantitative estimate of drug-likeness (QED) is 0.572. The SMILES string of the molecule is Cc1ncn(C)c1-c1cc(OC2CN(C(=O)N3N=CC[C@H]3c3cc(F)cc(C#N)c3)C2)c(F)cn1. The molecule has 0 N–H and O–H groups in total. The molecule has 1 saturated heterocycles. The number of aryl methyl sites for hydroxylation is 2. The third-order valence-electron chi connectivity index (χ3n) is 6.05. The van der Waals surface area contributed by atoms with Crippen LogP contribution < -0.4 is 4.74 Å². The number of carbonyl (C=O) groups is 1. The Morgan fingerprint density at radius 1 is 1.20 bits per heavy atom. The number of ether oxygens (including phenoxy) is 1. The van der Waals surface area contributed by atoms with Gasteiger partial charge in [0.05, 0.1) is 60.4 Å². The van der Waals surface area contributed by atoms with E-state index in [0.717, 1.165) is 23.7 Å². The Hall–Kier alpha value is -4.33. The van der Waals surface area contributed by atoms with Crippen LogP contribution in [0.25, 0.3) is 11.4 Å². The average Bonchev–Trinajstić information content (AvgIpc) is 3.43. The number of imidazole rings is 1. The molecular formula is C24H21F2N7O2. The molecular weight excluding hydrogens is 456 g/mol. The Bertz CT molecular complexity index is 1360. The number of rotatable bonds is 4. The largest absolute Gasteiger partial charge is 0.483 e. The van der Waals surface area contributed by atoms with E-state index in [2.05, 4.69) is 15.1 Å². The second-order valence-electron chi connectivity index (χ2n) is 8.50. The van der Waals surface area contributed by atoms with Gasteiger partial charge in [-0.2, -0.15) is 10.4 Å². The van der Waals surface area contributed by atoms with Crippen molar-refractivity contribution in [2.24, 2.45) is 12.1 Å². The van der Waals surface area contributed by atoms with Gasteiger partial charge in [-0.15, -0.1) is 0 Å². The number of hydrogen-bond donors (Lipinski definition) is 0. The van der Waals surface area contributed by atoms with Gasteiger partial charge in [-0.05, 0) is 30.7 Å².